The molecule has 91 heavy (non-hydrogen) atoms. The van der Waals surface area contributed by atoms with Crippen LogP contribution in [0.15, 0.2) is 91.0 Å². The lowest BCUT2D eigenvalue weighted by molar-refractivity contribution is -0.384. The van der Waals surface area contributed by atoms with Gasteiger partial charge in [-0.05, 0) is 185 Å². The average molecular weight is 1500 g/mol. The van der Waals surface area contributed by atoms with E-state index in [0.717, 1.165) is 26.7 Å². The molecule has 12 rings (SSSR count). The number of fused-ring (bicyclic) bond motifs is 4. The third kappa shape index (κ3) is 15.3. The molecular formula is C67H90I2N6O15Si. The van der Waals surface area contributed by atoms with Crippen molar-refractivity contribution in [3.05, 3.63) is 131 Å². The van der Waals surface area contributed by atoms with Gasteiger partial charge in [0.2, 0.25) is 5.91 Å². The first-order valence-corrected chi connectivity index (χ1v) is 36.5. The van der Waals surface area contributed by atoms with E-state index in [4.69, 9.17) is 28.4 Å². The molecule has 4 N–H and O–H groups in total. The first kappa shape index (κ1) is 70.7. The first-order chi connectivity index (χ1) is 42.8. The van der Waals surface area contributed by atoms with E-state index in [9.17, 15) is 44.6 Å². The van der Waals surface area contributed by atoms with Crippen molar-refractivity contribution in [3.63, 3.8) is 0 Å². The molecule has 5 heterocycles. The SMILES string of the molecule is C[C@@H]1OC(=O)[C@@H]2[C@H]1[C@H](CO)ON2Cc1cccc(I)c1.C[C@@H]1OC(=O)[C@@H]2[C@H]1[C@H](CO[Si](C)(C)C(C)(C)C)ON2Cc1cccc(I)c1.C[C@@H]1[C@@H](NC(=O)[C@@H]2[C@H]([C@H](C)O)[C@H](CO)ON2Cc2cccc(-c3ccc(C(=O)N(C)C)cc3[N+](=O)[O-])c2)C[C@H]2C[C@@H]1C2(C)C. The second-order valence-corrected chi connectivity index (χ2v) is 35.2. The number of nitro groups is 1. The quantitative estimate of drug-likeness (QED) is 0.0253. The summed E-state index contributed by atoms with van der Waals surface area (Å²) >= 11 is 4.55. The summed E-state index contributed by atoms with van der Waals surface area (Å²) in [4.78, 5) is 81.7. The maximum absolute atomic E-state index is 13.9. The summed E-state index contributed by atoms with van der Waals surface area (Å²) in [6.07, 6.45) is -0.494. The van der Waals surface area contributed by atoms with E-state index in [-0.39, 0.29) is 114 Å². The number of rotatable bonds is 17. The van der Waals surface area contributed by atoms with Gasteiger partial charge >= 0.3 is 11.9 Å². The van der Waals surface area contributed by atoms with Crippen molar-refractivity contribution >= 4 is 82.9 Å². The van der Waals surface area contributed by atoms with Gasteiger partial charge < -0.3 is 39.4 Å². The Kier molecular flexibility index (Phi) is 22.4. The molecule has 24 heteroatoms. The number of halogens is 2. The van der Waals surface area contributed by atoms with E-state index < -0.39 is 43.5 Å². The Morgan fingerprint density at radius 3 is 1.79 bits per heavy atom. The van der Waals surface area contributed by atoms with Crippen LogP contribution >= 0.6 is 45.2 Å². The molecule has 0 spiro atoms. The van der Waals surface area contributed by atoms with E-state index in [0.29, 0.717) is 48.6 Å². The van der Waals surface area contributed by atoms with Gasteiger partial charge in [0.25, 0.3) is 11.6 Å². The van der Waals surface area contributed by atoms with Crippen LogP contribution in [0.1, 0.15) is 102 Å². The van der Waals surface area contributed by atoms with Gasteiger partial charge in [0.1, 0.15) is 48.6 Å². The standard InChI is InChI=1S/C33H44N4O7.C20H30INO4Si.C14H16INO4/c1-18-25-14-23(33(25,3)4)15-26(18)34-31(40)30-29(19(2)39)28(17-38)44-36(30)16-20-8-7-9-21(12-20)24-11-10-22(32(41)35(5)6)13-27(24)37(42)43;1-13-17-16(12-24-27(5,6)20(2,3)4)26-22(18(17)19(23)25-13)11-14-8-7-9-15(21)10-14;1-8-12-11(7-17)20-16(13(12)14(18)19-8)6-9-3-2-4-10(15)5-9/h7-13,18-19,23,25-26,28-30,38-39H,14-17H2,1-6H3,(H,34,40);7-10,13,16-18H,11-12H2,1-6H3;2-5,8,11-13,17H,6-7H2,1H3/t18-,19-,23+,25-,26-,28-,29+,30-;13-,16-,17+,18-;8-,11-,12+,13-/m000/s1. The highest BCUT2D eigenvalue weighted by atomic mass is 127. The minimum absolute atomic E-state index is 0.00468. The number of aliphatic hydroxyl groups excluding tert-OH is 3. The zero-order chi connectivity index (χ0) is 66.3. The predicted molar refractivity (Wildman–Crippen MR) is 359 cm³/mol. The van der Waals surface area contributed by atoms with Crippen LogP contribution in [0, 0.1) is 58.2 Å². The number of nitrogens with one attached hydrogen (secondary N) is 1. The average Bonchev–Trinajstić information content (AvgIpc) is 1.71. The molecule has 5 aliphatic heterocycles. The highest BCUT2D eigenvalue weighted by molar-refractivity contribution is 14.1. The Morgan fingerprint density at radius 1 is 0.780 bits per heavy atom. The number of esters is 2. The molecule has 0 aromatic heterocycles. The number of ether oxygens (including phenoxy) is 2. The number of nitrogens with zero attached hydrogens (tertiary/aromatic N) is 5. The molecule has 0 radical (unpaired) electrons. The molecule has 496 valence electrons. The van der Waals surface area contributed by atoms with Gasteiger partial charge in [-0.1, -0.05) is 84.0 Å². The molecule has 2 bridgehead atoms. The molecule has 21 nitrogen and oxygen atoms in total. The molecule has 3 aliphatic carbocycles. The number of amides is 2. The van der Waals surface area contributed by atoms with Gasteiger partial charge in [-0.2, -0.15) is 15.2 Å². The molecule has 4 aromatic carbocycles. The molecule has 8 aliphatic rings. The van der Waals surface area contributed by atoms with E-state index in [2.05, 4.69) is 129 Å². The zero-order valence-corrected chi connectivity index (χ0v) is 59.6. The van der Waals surface area contributed by atoms with Crippen LogP contribution in [0.3, 0.4) is 0 Å². The number of cyclic esters (lactones) is 2. The number of aliphatic hydroxyl groups is 3. The summed E-state index contributed by atoms with van der Waals surface area (Å²) in [5, 5.41) is 50.7. The van der Waals surface area contributed by atoms with Crippen molar-refractivity contribution in [2.45, 2.75) is 174 Å². The number of carbonyl (C=O) groups is 4. The minimum atomic E-state index is -1.88. The molecule has 4 aromatic rings. The Labute approximate surface area is 562 Å². The number of benzene rings is 4. The normalized spacial score (nSPS) is 30.4. The first-order valence-electron chi connectivity index (χ1n) is 31.5. The highest BCUT2D eigenvalue weighted by Gasteiger charge is 2.60. The summed E-state index contributed by atoms with van der Waals surface area (Å²) in [5.74, 6) is -0.353. The van der Waals surface area contributed by atoms with Gasteiger partial charge in [-0.15, -0.1) is 0 Å². The van der Waals surface area contributed by atoms with Gasteiger partial charge in [0.15, 0.2) is 8.32 Å². The summed E-state index contributed by atoms with van der Waals surface area (Å²) in [6.45, 7) is 24.6. The van der Waals surface area contributed by atoms with Crippen molar-refractivity contribution in [3.8, 4) is 11.1 Å². The molecule has 16 atom stereocenters. The van der Waals surface area contributed by atoms with Crippen LogP contribution < -0.4 is 5.32 Å². The fourth-order valence-corrected chi connectivity index (χ4v) is 16.5. The lowest BCUT2D eigenvalue weighted by Crippen LogP contribution is -2.62. The smallest absolute Gasteiger partial charge is 0.326 e. The maximum Gasteiger partial charge on any atom is 0.326 e. The fraction of sp³-hybridized carbons (Fsp3) is 0.582. The molecule has 0 unspecified atom stereocenters. The van der Waals surface area contributed by atoms with Crippen LogP contribution in [0.2, 0.25) is 18.1 Å². The van der Waals surface area contributed by atoms with Crippen LogP contribution in [-0.4, -0.2) is 167 Å². The maximum atomic E-state index is 13.9. The van der Waals surface area contributed by atoms with Crippen molar-refractivity contribution in [1.82, 2.24) is 25.4 Å². The Morgan fingerprint density at radius 2 is 1.30 bits per heavy atom. The second kappa shape index (κ2) is 28.8. The predicted octanol–water partition coefficient (Wildman–Crippen LogP) is 9.31. The molecule has 8 fully saturated rings. The minimum Gasteiger partial charge on any atom is -0.461 e. The van der Waals surface area contributed by atoms with Gasteiger partial charge in [-0.3, -0.25) is 43.8 Å². The summed E-state index contributed by atoms with van der Waals surface area (Å²) in [7, 11) is 1.29. The fourth-order valence-electron chi connectivity index (χ4n) is 14.3. The third-order valence-corrected chi connectivity index (χ3v) is 26.3. The van der Waals surface area contributed by atoms with Crippen LogP contribution in [0.5, 0.6) is 0 Å². The summed E-state index contributed by atoms with van der Waals surface area (Å²) in [6, 6.07) is 26.3. The van der Waals surface area contributed by atoms with Gasteiger partial charge in [0, 0.05) is 44.8 Å². The van der Waals surface area contributed by atoms with Crippen LogP contribution in [0.4, 0.5) is 5.69 Å². The van der Waals surface area contributed by atoms with Crippen molar-refractivity contribution in [1.29, 1.82) is 0 Å². The Balaban J connectivity index is 0.000000177. The van der Waals surface area contributed by atoms with Crippen molar-refractivity contribution in [2.75, 3.05) is 33.9 Å². The topological polar surface area (TPSA) is 252 Å². The van der Waals surface area contributed by atoms with Crippen LogP contribution in [-0.2, 0) is 62.4 Å². The summed E-state index contributed by atoms with van der Waals surface area (Å²) < 4.78 is 19.5. The highest BCUT2D eigenvalue weighted by Crippen LogP contribution is 2.61. The van der Waals surface area contributed by atoms with Crippen molar-refractivity contribution < 1.29 is 67.8 Å². The number of hydroxylamine groups is 6. The summed E-state index contributed by atoms with van der Waals surface area (Å²) in [5.41, 5.74) is 4.14. The van der Waals surface area contributed by atoms with E-state index in [1.165, 1.54) is 26.0 Å². The van der Waals surface area contributed by atoms with Crippen LogP contribution in [0.25, 0.3) is 11.1 Å². The number of hydrogen-bond acceptors (Lipinski definition) is 18. The number of hydrogen-bond donors (Lipinski definition) is 4. The zero-order valence-electron chi connectivity index (χ0n) is 54.3. The van der Waals surface area contributed by atoms with E-state index >= 15 is 0 Å². The van der Waals surface area contributed by atoms with Crippen molar-refractivity contribution in [2.24, 2.45) is 40.9 Å². The molecule has 3 saturated carbocycles. The van der Waals surface area contributed by atoms with E-state index in [1.54, 1.807) is 56.4 Å². The molecular weight excluding hydrogens is 1410 g/mol. The molecule has 5 saturated heterocycles. The van der Waals surface area contributed by atoms with Gasteiger partial charge in [-0.25, -0.2) is 0 Å². The van der Waals surface area contributed by atoms with E-state index in [1.807, 2.05) is 49.2 Å². The third-order valence-electron chi connectivity index (χ3n) is 20.5. The van der Waals surface area contributed by atoms with Gasteiger partial charge in [0.05, 0.1) is 67.9 Å². The molecule has 2 amide bonds. The number of nitro benzene ring substituents is 1. The Bertz CT molecular complexity index is 3300. The monoisotopic (exact) mass is 1500 g/mol. The Hall–Kier alpha value is -4.56. The largest absolute Gasteiger partial charge is 0.461 e. The number of carbonyl (C=O) groups excluding carboxylic acids is 4. The lowest BCUT2D eigenvalue weighted by atomic mass is 9.45. The lowest BCUT2D eigenvalue weighted by Gasteiger charge is -2.62. The second-order valence-electron chi connectivity index (χ2n) is 27.9.